The van der Waals surface area contributed by atoms with E-state index in [-0.39, 0.29) is 9.75 Å². The smallest absolute Gasteiger partial charge is 0.0668 e. The molecule has 4 fully saturated rings. The highest BCUT2D eigenvalue weighted by molar-refractivity contribution is 6.25. The van der Waals surface area contributed by atoms with Crippen molar-refractivity contribution in [3.8, 4) is 0 Å². The molecule has 0 spiro atoms. The minimum Gasteiger partial charge on any atom is -0.119 e. The molecule has 0 aromatic heterocycles. The van der Waals surface area contributed by atoms with E-state index < -0.39 is 0 Å². The summed E-state index contributed by atoms with van der Waals surface area (Å²) >= 11 is 13.8. The van der Waals surface area contributed by atoms with Crippen LogP contribution in [0.5, 0.6) is 0 Å². The molecule has 0 aromatic carbocycles. The van der Waals surface area contributed by atoms with Crippen LogP contribution in [0.3, 0.4) is 0 Å². The van der Waals surface area contributed by atoms with Crippen molar-refractivity contribution in [2.24, 2.45) is 17.3 Å². The van der Waals surface area contributed by atoms with Gasteiger partial charge in [0.25, 0.3) is 0 Å². The molecule has 4 saturated carbocycles. The zero-order valence-electron chi connectivity index (χ0n) is 11.4. The minimum absolute atomic E-state index is 0.117. The minimum atomic E-state index is -0.145. The lowest BCUT2D eigenvalue weighted by Crippen LogP contribution is -2.54. The van der Waals surface area contributed by atoms with Crippen LogP contribution in [0.1, 0.15) is 51.4 Å². The zero-order valence-corrected chi connectivity index (χ0v) is 12.9. The van der Waals surface area contributed by atoms with Crippen molar-refractivity contribution in [1.82, 2.24) is 0 Å². The van der Waals surface area contributed by atoms with Crippen LogP contribution in [-0.4, -0.2) is 9.75 Å². The standard InChI is InChI=1S/C17H22Cl2/c18-16(4-2-1-3-5-16)11-15-7-13-6-14(8-15)10-17(19,9-13)12-15/h1-4,13-14H,5-12H2. The summed E-state index contributed by atoms with van der Waals surface area (Å²) in [5, 5.41) is 0. The number of allylic oxidation sites excluding steroid dienone is 4. The summed E-state index contributed by atoms with van der Waals surface area (Å²) in [7, 11) is 0. The molecule has 5 rings (SSSR count). The maximum absolute atomic E-state index is 6.91. The summed E-state index contributed by atoms with van der Waals surface area (Å²) in [6.45, 7) is 0. The highest BCUT2D eigenvalue weighted by atomic mass is 35.5. The van der Waals surface area contributed by atoms with E-state index in [1.54, 1.807) is 0 Å². The number of hydrogen-bond acceptors (Lipinski definition) is 0. The van der Waals surface area contributed by atoms with Crippen LogP contribution in [0.4, 0.5) is 0 Å². The van der Waals surface area contributed by atoms with Crippen LogP contribution < -0.4 is 0 Å². The van der Waals surface area contributed by atoms with Crippen molar-refractivity contribution in [2.45, 2.75) is 61.1 Å². The van der Waals surface area contributed by atoms with Crippen molar-refractivity contribution in [1.29, 1.82) is 0 Å². The molecule has 3 atom stereocenters. The van der Waals surface area contributed by atoms with Gasteiger partial charge >= 0.3 is 0 Å². The Kier molecular flexibility index (Phi) is 2.72. The second-order valence-corrected chi connectivity index (χ2v) is 9.37. The van der Waals surface area contributed by atoms with Crippen LogP contribution in [0.2, 0.25) is 0 Å². The topological polar surface area (TPSA) is 0 Å². The van der Waals surface area contributed by atoms with Crippen molar-refractivity contribution < 1.29 is 0 Å². The molecule has 3 unspecified atom stereocenters. The second-order valence-electron chi connectivity index (χ2n) is 7.81. The summed E-state index contributed by atoms with van der Waals surface area (Å²) in [4.78, 5) is -0.0286. The number of halogens is 2. The molecule has 0 saturated heterocycles. The van der Waals surface area contributed by atoms with Gasteiger partial charge in [-0.15, -0.1) is 23.2 Å². The van der Waals surface area contributed by atoms with Crippen molar-refractivity contribution >= 4 is 23.2 Å². The Morgan fingerprint density at radius 2 is 1.74 bits per heavy atom. The number of alkyl halides is 2. The fourth-order valence-electron chi connectivity index (χ4n) is 5.94. The predicted molar refractivity (Wildman–Crippen MR) is 81.8 cm³/mol. The van der Waals surface area contributed by atoms with E-state index in [1.807, 2.05) is 0 Å². The lowest BCUT2D eigenvalue weighted by Gasteiger charge is -2.61. The summed E-state index contributed by atoms with van der Waals surface area (Å²) in [6.07, 6.45) is 18.7. The van der Waals surface area contributed by atoms with E-state index in [9.17, 15) is 0 Å². The van der Waals surface area contributed by atoms with Gasteiger partial charge in [0.15, 0.2) is 0 Å². The molecule has 0 aliphatic heterocycles. The van der Waals surface area contributed by atoms with Gasteiger partial charge in [0.1, 0.15) is 0 Å². The molecular formula is C17H22Cl2. The molecule has 0 amide bonds. The molecular weight excluding hydrogens is 275 g/mol. The van der Waals surface area contributed by atoms with E-state index in [0.29, 0.717) is 5.41 Å². The van der Waals surface area contributed by atoms with Gasteiger partial charge in [-0.25, -0.2) is 0 Å². The fourth-order valence-corrected chi connectivity index (χ4v) is 7.10. The molecule has 19 heavy (non-hydrogen) atoms. The van der Waals surface area contributed by atoms with Crippen LogP contribution in [0.15, 0.2) is 24.3 Å². The van der Waals surface area contributed by atoms with E-state index in [2.05, 4.69) is 24.3 Å². The molecule has 0 radical (unpaired) electrons. The van der Waals surface area contributed by atoms with Gasteiger partial charge in [-0.2, -0.15) is 0 Å². The number of hydrogen-bond donors (Lipinski definition) is 0. The quantitative estimate of drug-likeness (QED) is 0.595. The highest BCUT2D eigenvalue weighted by Crippen LogP contribution is 2.66. The second kappa shape index (κ2) is 4.04. The number of rotatable bonds is 2. The average Bonchev–Trinajstić information content (AvgIpc) is 2.24. The molecule has 0 nitrogen and oxygen atoms in total. The van der Waals surface area contributed by atoms with Crippen molar-refractivity contribution in [3.05, 3.63) is 24.3 Å². The Labute approximate surface area is 126 Å². The average molecular weight is 297 g/mol. The van der Waals surface area contributed by atoms with Gasteiger partial charge in [0.2, 0.25) is 0 Å². The van der Waals surface area contributed by atoms with Gasteiger partial charge in [0.05, 0.1) is 4.87 Å². The monoisotopic (exact) mass is 296 g/mol. The van der Waals surface area contributed by atoms with Gasteiger partial charge in [-0.05, 0) is 68.6 Å². The molecule has 0 N–H and O–H groups in total. The molecule has 5 aliphatic rings. The summed E-state index contributed by atoms with van der Waals surface area (Å²) < 4.78 is 0. The maximum atomic E-state index is 6.91. The fraction of sp³-hybridized carbons (Fsp3) is 0.765. The molecule has 0 aromatic rings. The summed E-state index contributed by atoms with van der Waals surface area (Å²) in [5.41, 5.74) is 0.434. The van der Waals surface area contributed by atoms with Gasteiger partial charge in [-0.3, -0.25) is 0 Å². The first kappa shape index (κ1) is 12.8. The van der Waals surface area contributed by atoms with Gasteiger partial charge in [0, 0.05) is 4.87 Å². The third kappa shape index (κ3) is 2.20. The molecule has 104 valence electrons. The normalized spacial score (nSPS) is 54.8. The Morgan fingerprint density at radius 3 is 2.32 bits per heavy atom. The summed E-state index contributed by atoms with van der Waals surface area (Å²) in [6, 6.07) is 0. The van der Waals surface area contributed by atoms with Crippen LogP contribution in [0, 0.1) is 17.3 Å². The molecule has 2 heteroatoms. The van der Waals surface area contributed by atoms with Crippen LogP contribution in [0.25, 0.3) is 0 Å². The first-order valence-electron chi connectivity index (χ1n) is 7.71. The first-order valence-corrected chi connectivity index (χ1v) is 8.46. The lowest BCUT2D eigenvalue weighted by molar-refractivity contribution is -0.0485. The molecule has 0 heterocycles. The third-order valence-corrected chi connectivity index (χ3v) is 6.74. The third-order valence-electron chi connectivity index (χ3n) is 5.88. The van der Waals surface area contributed by atoms with Gasteiger partial charge in [-0.1, -0.05) is 24.3 Å². The Morgan fingerprint density at radius 1 is 1.00 bits per heavy atom. The largest absolute Gasteiger partial charge is 0.119 e. The van der Waals surface area contributed by atoms with E-state index in [4.69, 9.17) is 23.2 Å². The van der Waals surface area contributed by atoms with Crippen LogP contribution in [-0.2, 0) is 0 Å². The Balaban J connectivity index is 1.60. The highest BCUT2D eigenvalue weighted by Gasteiger charge is 2.58. The first-order chi connectivity index (χ1) is 8.99. The molecule has 5 aliphatic carbocycles. The molecule has 4 bridgehead atoms. The van der Waals surface area contributed by atoms with Crippen molar-refractivity contribution in [3.63, 3.8) is 0 Å². The van der Waals surface area contributed by atoms with Gasteiger partial charge < -0.3 is 0 Å². The maximum Gasteiger partial charge on any atom is 0.0668 e. The van der Waals surface area contributed by atoms with Crippen LogP contribution >= 0.6 is 23.2 Å². The lowest BCUT2D eigenvalue weighted by atomic mass is 9.47. The van der Waals surface area contributed by atoms with E-state index in [0.717, 1.165) is 24.7 Å². The van der Waals surface area contributed by atoms with E-state index in [1.165, 1.54) is 38.5 Å². The SMILES string of the molecule is ClC1(CC23CC4CC(CC(Cl)(C4)C2)C3)C=CC=CC1. The Bertz CT molecular complexity index is 436. The summed E-state index contributed by atoms with van der Waals surface area (Å²) in [5.74, 6) is 1.75. The Hall–Kier alpha value is 0.0600. The van der Waals surface area contributed by atoms with E-state index >= 15 is 0 Å². The predicted octanol–water partition coefficient (Wildman–Crippen LogP) is 5.45. The zero-order chi connectivity index (χ0) is 13.1. The van der Waals surface area contributed by atoms with Crippen molar-refractivity contribution in [2.75, 3.05) is 0 Å².